The van der Waals surface area contributed by atoms with Crippen molar-refractivity contribution in [2.45, 2.75) is 31.3 Å². The van der Waals surface area contributed by atoms with Crippen molar-refractivity contribution in [3.05, 3.63) is 71.8 Å². The monoisotopic (exact) mass is 281 g/mol. The van der Waals surface area contributed by atoms with E-state index in [1.165, 1.54) is 17.5 Å². The van der Waals surface area contributed by atoms with Gasteiger partial charge in [0.05, 0.1) is 6.61 Å². The number of likely N-dealkylation sites (tertiary alicyclic amines) is 1. The van der Waals surface area contributed by atoms with Crippen LogP contribution < -0.4 is 0 Å². The zero-order chi connectivity index (χ0) is 14.5. The Labute approximate surface area is 127 Å². The first kappa shape index (κ1) is 14.3. The molecule has 0 unspecified atom stereocenters. The van der Waals surface area contributed by atoms with Crippen molar-refractivity contribution in [1.82, 2.24) is 4.90 Å². The zero-order valence-corrected chi connectivity index (χ0v) is 12.4. The van der Waals surface area contributed by atoms with E-state index >= 15 is 0 Å². The van der Waals surface area contributed by atoms with Crippen molar-refractivity contribution in [2.75, 3.05) is 13.2 Å². The molecular weight excluding hydrogens is 258 g/mol. The van der Waals surface area contributed by atoms with Gasteiger partial charge >= 0.3 is 0 Å². The van der Waals surface area contributed by atoms with Gasteiger partial charge in [0.2, 0.25) is 0 Å². The predicted octanol–water partition coefficient (Wildman–Crippen LogP) is 3.26. The molecule has 2 heteroatoms. The molecule has 0 aliphatic carbocycles. The molecule has 1 aliphatic rings. The summed E-state index contributed by atoms with van der Waals surface area (Å²) >= 11 is 0. The van der Waals surface area contributed by atoms with Gasteiger partial charge in [-0.05, 0) is 36.9 Å². The molecule has 1 heterocycles. The van der Waals surface area contributed by atoms with E-state index in [0.29, 0.717) is 0 Å². The van der Waals surface area contributed by atoms with E-state index in [-0.39, 0.29) is 12.1 Å². The second-order valence-electron chi connectivity index (χ2n) is 6.06. The smallest absolute Gasteiger partial charge is 0.0618 e. The van der Waals surface area contributed by atoms with Gasteiger partial charge in [0.15, 0.2) is 0 Å². The van der Waals surface area contributed by atoms with Crippen LogP contribution in [-0.2, 0) is 13.0 Å². The fraction of sp³-hybridized carbons (Fsp3) is 0.368. The molecule has 1 N–H and O–H groups in total. The van der Waals surface area contributed by atoms with E-state index in [4.69, 9.17) is 0 Å². The van der Waals surface area contributed by atoms with Crippen molar-refractivity contribution >= 4 is 0 Å². The van der Waals surface area contributed by atoms with Crippen LogP contribution >= 0.6 is 0 Å². The molecule has 1 saturated heterocycles. The van der Waals surface area contributed by atoms with Gasteiger partial charge in [0.1, 0.15) is 0 Å². The van der Waals surface area contributed by atoms with Crippen molar-refractivity contribution in [1.29, 1.82) is 0 Å². The quantitative estimate of drug-likeness (QED) is 0.909. The van der Waals surface area contributed by atoms with Crippen LogP contribution in [0.3, 0.4) is 0 Å². The van der Waals surface area contributed by atoms with E-state index in [0.717, 1.165) is 25.9 Å². The van der Waals surface area contributed by atoms with Crippen LogP contribution in [0, 0.1) is 0 Å². The van der Waals surface area contributed by atoms with Gasteiger partial charge in [-0.25, -0.2) is 0 Å². The van der Waals surface area contributed by atoms with E-state index in [2.05, 4.69) is 59.5 Å². The Morgan fingerprint density at radius 1 is 0.905 bits per heavy atom. The number of aliphatic hydroxyl groups excluding tert-OH is 1. The molecule has 2 aromatic carbocycles. The molecule has 0 radical (unpaired) electrons. The Hall–Kier alpha value is -1.64. The van der Waals surface area contributed by atoms with Gasteiger partial charge in [-0.15, -0.1) is 0 Å². The third kappa shape index (κ3) is 3.17. The third-order valence-electron chi connectivity index (χ3n) is 4.63. The van der Waals surface area contributed by atoms with Gasteiger partial charge in [-0.3, -0.25) is 4.90 Å². The molecule has 1 fully saturated rings. The second-order valence-corrected chi connectivity index (χ2v) is 6.06. The van der Waals surface area contributed by atoms with E-state index < -0.39 is 0 Å². The fourth-order valence-corrected chi connectivity index (χ4v) is 3.46. The number of hydrogen-bond acceptors (Lipinski definition) is 2. The van der Waals surface area contributed by atoms with Gasteiger partial charge in [0, 0.05) is 12.1 Å². The molecule has 0 amide bonds. The first-order chi connectivity index (χ1) is 10.3. The summed E-state index contributed by atoms with van der Waals surface area (Å²) < 4.78 is 0. The standard InChI is InChI=1S/C19H23NO/c21-16-19(14-17-8-3-1-4-9-17)12-7-13-20(19)15-18-10-5-2-6-11-18/h1-6,8-11,21H,7,12-16H2/t19-/m1/s1. The first-order valence-electron chi connectivity index (χ1n) is 7.76. The molecule has 0 saturated carbocycles. The highest BCUT2D eigenvalue weighted by atomic mass is 16.3. The lowest BCUT2D eigenvalue weighted by Crippen LogP contribution is -2.48. The molecule has 21 heavy (non-hydrogen) atoms. The number of benzene rings is 2. The van der Waals surface area contributed by atoms with Crippen LogP contribution in [0.1, 0.15) is 24.0 Å². The Morgan fingerprint density at radius 3 is 2.14 bits per heavy atom. The van der Waals surface area contributed by atoms with E-state index in [9.17, 15) is 5.11 Å². The fourth-order valence-electron chi connectivity index (χ4n) is 3.46. The molecule has 2 aromatic rings. The maximum absolute atomic E-state index is 10.1. The van der Waals surface area contributed by atoms with E-state index in [1.807, 2.05) is 6.07 Å². The molecule has 2 nitrogen and oxygen atoms in total. The predicted molar refractivity (Wildman–Crippen MR) is 86.0 cm³/mol. The molecule has 0 spiro atoms. The van der Waals surface area contributed by atoms with E-state index in [1.54, 1.807) is 0 Å². The maximum Gasteiger partial charge on any atom is 0.0618 e. The Kier molecular flexibility index (Phi) is 4.37. The summed E-state index contributed by atoms with van der Waals surface area (Å²) in [6, 6.07) is 21.1. The topological polar surface area (TPSA) is 23.5 Å². The summed E-state index contributed by atoms with van der Waals surface area (Å²) in [6.45, 7) is 2.23. The molecule has 1 atom stereocenters. The van der Waals surface area contributed by atoms with Crippen molar-refractivity contribution in [3.8, 4) is 0 Å². The van der Waals surface area contributed by atoms with Crippen LogP contribution in [-0.4, -0.2) is 28.7 Å². The highest BCUT2D eigenvalue weighted by Crippen LogP contribution is 2.33. The van der Waals surface area contributed by atoms with Gasteiger partial charge in [-0.1, -0.05) is 60.7 Å². The largest absolute Gasteiger partial charge is 0.394 e. The molecule has 0 bridgehead atoms. The first-order valence-corrected chi connectivity index (χ1v) is 7.76. The zero-order valence-electron chi connectivity index (χ0n) is 12.4. The highest BCUT2D eigenvalue weighted by Gasteiger charge is 2.40. The average Bonchev–Trinajstić information content (AvgIpc) is 2.92. The van der Waals surface area contributed by atoms with Crippen molar-refractivity contribution < 1.29 is 5.11 Å². The molecule has 0 aromatic heterocycles. The number of aliphatic hydroxyl groups is 1. The van der Waals surface area contributed by atoms with Crippen molar-refractivity contribution in [3.63, 3.8) is 0 Å². The second kappa shape index (κ2) is 6.42. The third-order valence-corrected chi connectivity index (χ3v) is 4.63. The summed E-state index contributed by atoms with van der Waals surface area (Å²) in [6.07, 6.45) is 3.17. The van der Waals surface area contributed by atoms with Gasteiger partial charge < -0.3 is 5.11 Å². The normalized spacial score (nSPS) is 22.5. The number of rotatable bonds is 5. The summed E-state index contributed by atoms with van der Waals surface area (Å²) in [5.41, 5.74) is 2.54. The molecule has 110 valence electrons. The lowest BCUT2D eigenvalue weighted by atomic mass is 9.88. The number of hydrogen-bond donors (Lipinski definition) is 1. The van der Waals surface area contributed by atoms with Crippen molar-refractivity contribution in [2.24, 2.45) is 0 Å². The Morgan fingerprint density at radius 2 is 1.52 bits per heavy atom. The van der Waals surface area contributed by atoms with Crippen LogP contribution in [0.2, 0.25) is 0 Å². The summed E-state index contributed by atoms with van der Waals surface area (Å²) in [7, 11) is 0. The minimum absolute atomic E-state index is 0.100. The van der Waals surface area contributed by atoms with Crippen LogP contribution in [0.4, 0.5) is 0 Å². The average molecular weight is 281 g/mol. The minimum atomic E-state index is -0.100. The Bertz CT molecular complexity index is 554. The lowest BCUT2D eigenvalue weighted by Gasteiger charge is -2.37. The summed E-state index contributed by atoms with van der Waals surface area (Å²) in [5, 5.41) is 10.1. The molecular formula is C19H23NO. The molecule has 1 aliphatic heterocycles. The lowest BCUT2D eigenvalue weighted by molar-refractivity contribution is 0.0582. The van der Waals surface area contributed by atoms with Crippen LogP contribution in [0.15, 0.2) is 60.7 Å². The molecule has 3 rings (SSSR count). The number of nitrogens with zero attached hydrogens (tertiary/aromatic N) is 1. The van der Waals surface area contributed by atoms with Gasteiger partial charge in [-0.2, -0.15) is 0 Å². The SMILES string of the molecule is OC[C@]1(Cc2ccccc2)CCCN1Cc1ccccc1. The van der Waals surface area contributed by atoms with Crippen LogP contribution in [0.25, 0.3) is 0 Å². The van der Waals surface area contributed by atoms with Gasteiger partial charge in [0.25, 0.3) is 0 Å². The highest BCUT2D eigenvalue weighted by molar-refractivity contribution is 5.20. The van der Waals surface area contributed by atoms with Crippen LogP contribution in [0.5, 0.6) is 0 Å². The Balaban J connectivity index is 1.79. The maximum atomic E-state index is 10.1. The summed E-state index contributed by atoms with van der Waals surface area (Å²) in [4.78, 5) is 2.47. The summed E-state index contributed by atoms with van der Waals surface area (Å²) in [5.74, 6) is 0. The minimum Gasteiger partial charge on any atom is -0.394 e.